The molecule has 0 aliphatic rings. The quantitative estimate of drug-likeness (QED) is 0.715. The molecule has 0 saturated carbocycles. The third kappa shape index (κ3) is 3.70. The van der Waals surface area contributed by atoms with E-state index in [-0.39, 0.29) is 17.1 Å². The van der Waals surface area contributed by atoms with E-state index in [0.29, 0.717) is 13.0 Å². The molecule has 2 rings (SSSR count). The number of hydrogen-bond acceptors (Lipinski definition) is 4. The largest absolute Gasteiger partial charge is 0.477 e. The molecule has 0 aromatic carbocycles. The number of carboxylic acids is 1. The Morgan fingerprint density at radius 2 is 2.24 bits per heavy atom. The van der Waals surface area contributed by atoms with Gasteiger partial charge in [-0.15, -0.1) is 0 Å². The van der Waals surface area contributed by atoms with Crippen LogP contribution in [0.25, 0.3) is 0 Å². The van der Waals surface area contributed by atoms with E-state index in [0.717, 1.165) is 6.07 Å². The molecule has 0 atom stereocenters. The Kier molecular flexibility index (Phi) is 4.43. The summed E-state index contributed by atoms with van der Waals surface area (Å²) in [6.07, 6.45) is 6.99. The van der Waals surface area contributed by atoms with E-state index in [1.807, 2.05) is 4.57 Å². The zero-order chi connectivity index (χ0) is 15.5. The molecule has 0 fully saturated rings. The summed E-state index contributed by atoms with van der Waals surface area (Å²) in [5.74, 6) is -1.17. The summed E-state index contributed by atoms with van der Waals surface area (Å²) in [6, 6.07) is 1.14. The Bertz CT molecular complexity index is 719. The first-order valence-electron chi connectivity index (χ1n) is 6.25. The Morgan fingerprint density at radius 1 is 1.48 bits per heavy atom. The SMILES string of the molecule is Cn1cc(S(=O)(=O)NCCCn2ccnc2)cc1C(=O)O. The van der Waals surface area contributed by atoms with E-state index in [1.54, 1.807) is 18.7 Å². The average Bonchev–Trinajstić information content (AvgIpc) is 3.04. The van der Waals surface area contributed by atoms with Crippen LogP contribution in [0.5, 0.6) is 0 Å². The highest BCUT2D eigenvalue weighted by molar-refractivity contribution is 7.89. The van der Waals surface area contributed by atoms with Crippen LogP contribution in [0.1, 0.15) is 16.9 Å². The van der Waals surface area contributed by atoms with Crippen LogP contribution in [0.4, 0.5) is 0 Å². The summed E-state index contributed by atoms with van der Waals surface area (Å²) in [5.41, 5.74) is -0.0752. The zero-order valence-electron chi connectivity index (χ0n) is 11.4. The van der Waals surface area contributed by atoms with E-state index in [4.69, 9.17) is 5.11 Å². The molecular formula is C12H16N4O4S. The van der Waals surface area contributed by atoms with E-state index < -0.39 is 16.0 Å². The molecule has 0 radical (unpaired) electrons. The van der Waals surface area contributed by atoms with Crippen molar-refractivity contribution in [1.29, 1.82) is 0 Å². The van der Waals surface area contributed by atoms with E-state index >= 15 is 0 Å². The molecule has 114 valence electrons. The first-order chi connectivity index (χ1) is 9.90. The summed E-state index contributed by atoms with van der Waals surface area (Å²) < 4.78 is 29.7. The lowest BCUT2D eigenvalue weighted by atomic mass is 10.4. The number of carbonyl (C=O) groups is 1. The molecule has 8 nitrogen and oxygen atoms in total. The number of imidazole rings is 1. The lowest BCUT2D eigenvalue weighted by Crippen LogP contribution is -2.25. The van der Waals surface area contributed by atoms with Crippen LogP contribution in [-0.2, 0) is 23.6 Å². The van der Waals surface area contributed by atoms with Gasteiger partial charge in [0.05, 0.1) is 6.33 Å². The van der Waals surface area contributed by atoms with Crippen molar-refractivity contribution in [2.45, 2.75) is 17.9 Å². The van der Waals surface area contributed by atoms with Crippen molar-refractivity contribution in [3.63, 3.8) is 0 Å². The molecule has 0 amide bonds. The van der Waals surface area contributed by atoms with Crippen LogP contribution in [0.3, 0.4) is 0 Å². The standard InChI is InChI=1S/C12H16N4O4S/c1-15-8-10(7-11(15)12(17)18)21(19,20)14-3-2-5-16-6-4-13-9-16/h4,6-9,14H,2-3,5H2,1H3,(H,17,18). The molecule has 0 aliphatic heterocycles. The highest BCUT2D eigenvalue weighted by Crippen LogP contribution is 2.13. The van der Waals surface area contributed by atoms with E-state index in [2.05, 4.69) is 9.71 Å². The highest BCUT2D eigenvalue weighted by Gasteiger charge is 2.19. The number of nitrogens with one attached hydrogen (secondary N) is 1. The fourth-order valence-corrected chi connectivity index (χ4v) is 3.01. The number of aromatic nitrogens is 3. The summed E-state index contributed by atoms with van der Waals surface area (Å²) in [5, 5.41) is 8.92. The molecule has 0 saturated heterocycles. The normalized spacial score (nSPS) is 11.7. The minimum atomic E-state index is -3.70. The molecule has 2 heterocycles. The van der Waals surface area contributed by atoms with Gasteiger partial charge in [-0.05, 0) is 12.5 Å². The first-order valence-corrected chi connectivity index (χ1v) is 7.73. The van der Waals surface area contributed by atoms with Gasteiger partial charge in [0.1, 0.15) is 10.6 Å². The molecule has 2 N–H and O–H groups in total. The van der Waals surface area contributed by atoms with Gasteiger partial charge >= 0.3 is 5.97 Å². The number of aromatic carboxylic acids is 1. The summed E-state index contributed by atoms with van der Waals surface area (Å²) in [6.45, 7) is 0.912. The minimum Gasteiger partial charge on any atom is -0.477 e. The molecule has 0 aliphatic carbocycles. The smallest absolute Gasteiger partial charge is 0.352 e. The molecule has 0 spiro atoms. The second-order valence-corrected chi connectivity index (χ2v) is 6.30. The van der Waals surface area contributed by atoms with Gasteiger partial charge in [0.25, 0.3) is 0 Å². The monoisotopic (exact) mass is 312 g/mol. The van der Waals surface area contributed by atoms with Gasteiger partial charge in [-0.2, -0.15) is 0 Å². The lowest BCUT2D eigenvalue weighted by Gasteiger charge is -2.05. The Labute approximate surface area is 122 Å². The Balaban J connectivity index is 1.95. The molecule has 2 aromatic rings. The predicted molar refractivity (Wildman–Crippen MR) is 74.4 cm³/mol. The highest BCUT2D eigenvalue weighted by atomic mass is 32.2. The molecule has 0 unspecified atom stereocenters. The Hall–Kier alpha value is -2.13. The van der Waals surface area contributed by atoms with Gasteiger partial charge in [-0.1, -0.05) is 0 Å². The molecule has 0 bridgehead atoms. The van der Waals surface area contributed by atoms with Crippen LogP contribution in [-0.4, -0.2) is 40.2 Å². The summed E-state index contributed by atoms with van der Waals surface area (Å²) >= 11 is 0. The van der Waals surface area contributed by atoms with Crippen molar-refractivity contribution in [2.75, 3.05) is 6.54 Å². The van der Waals surface area contributed by atoms with Crippen molar-refractivity contribution in [2.24, 2.45) is 7.05 Å². The van der Waals surface area contributed by atoms with Gasteiger partial charge in [-0.25, -0.2) is 22.9 Å². The summed E-state index contributed by atoms with van der Waals surface area (Å²) in [7, 11) is -2.21. The van der Waals surface area contributed by atoms with E-state index in [1.165, 1.54) is 17.8 Å². The maximum atomic E-state index is 12.0. The van der Waals surface area contributed by atoms with Gasteiger partial charge < -0.3 is 14.2 Å². The van der Waals surface area contributed by atoms with Gasteiger partial charge in [0, 0.05) is 38.7 Å². The topological polar surface area (TPSA) is 106 Å². The Morgan fingerprint density at radius 3 is 2.81 bits per heavy atom. The van der Waals surface area contributed by atoms with Gasteiger partial charge in [0.15, 0.2) is 0 Å². The van der Waals surface area contributed by atoms with Crippen LogP contribution in [0, 0.1) is 0 Å². The van der Waals surface area contributed by atoms with Crippen molar-refractivity contribution >= 4 is 16.0 Å². The lowest BCUT2D eigenvalue weighted by molar-refractivity contribution is 0.0686. The van der Waals surface area contributed by atoms with Gasteiger partial charge in [-0.3, -0.25) is 0 Å². The maximum Gasteiger partial charge on any atom is 0.352 e. The van der Waals surface area contributed by atoms with Crippen LogP contribution < -0.4 is 4.72 Å². The predicted octanol–water partition coefficient (Wildman–Crippen LogP) is 0.288. The number of aryl methyl sites for hydroxylation is 2. The second kappa shape index (κ2) is 6.10. The van der Waals surface area contributed by atoms with Crippen molar-refractivity contribution in [3.8, 4) is 0 Å². The number of nitrogens with zero attached hydrogens (tertiary/aromatic N) is 3. The number of sulfonamides is 1. The van der Waals surface area contributed by atoms with Crippen LogP contribution in [0.15, 0.2) is 35.9 Å². The number of carboxylic acid groups (broad SMARTS) is 1. The zero-order valence-corrected chi connectivity index (χ0v) is 12.2. The molecule has 2 aromatic heterocycles. The fourth-order valence-electron chi connectivity index (χ4n) is 1.86. The molecule has 21 heavy (non-hydrogen) atoms. The van der Waals surface area contributed by atoms with Crippen LogP contribution >= 0.6 is 0 Å². The van der Waals surface area contributed by atoms with Crippen molar-refractivity contribution in [3.05, 3.63) is 36.7 Å². The van der Waals surface area contributed by atoms with Crippen molar-refractivity contribution in [1.82, 2.24) is 18.8 Å². The number of rotatable bonds is 7. The summed E-state index contributed by atoms with van der Waals surface area (Å²) in [4.78, 5) is 14.8. The number of hydrogen-bond donors (Lipinski definition) is 2. The van der Waals surface area contributed by atoms with Crippen LogP contribution in [0.2, 0.25) is 0 Å². The second-order valence-electron chi connectivity index (χ2n) is 4.53. The van der Waals surface area contributed by atoms with Gasteiger partial charge in [0.2, 0.25) is 10.0 Å². The third-order valence-electron chi connectivity index (χ3n) is 2.95. The average molecular weight is 312 g/mol. The van der Waals surface area contributed by atoms with Crippen molar-refractivity contribution < 1.29 is 18.3 Å². The first kappa shape index (κ1) is 15.3. The minimum absolute atomic E-state index is 0.0509. The molecule has 9 heteroatoms. The van der Waals surface area contributed by atoms with E-state index in [9.17, 15) is 13.2 Å². The molecular weight excluding hydrogens is 296 g/mol. The maximum absolute atomic E-state index is 12.0. The fraction of sp³-hybridized carbons (Fsp3) is 0.333. The third-order valence-corrected chi connectivity index (χ3v) is 4.38.